The fraction of sp³-hybridized carbons (Fsp3) is 0.667. The Hall–Kier alpha value is 1.78. The van der Waals surface area contributed by atoms with Gasteiger partial charge in [0.1, 0.15) is 6.04 Å². The second-order valence-electron chi connectivity index (χ2n) is 1.13. The maximum atomic E-state index is 9.76. The van der Waals surface area contributed by atoms with Gasteiger partial charge in [-0.1, -0.05) is 0 Å². The molecule has 9 heavy (non-hydrogen) atoms. The first-order valence-corrected chi connectivity index (χ1v) is 2.41. The summed E-state index contributed by atoms with van der Waals surface area (Å²) in [6.45, 7) is 0. The first-order valence-electron chi connectivity index (χ1n) is 1.77. The minimum Gasteiger partial charge on any atom is -1.00 e. The standard InChI is InChI=1S/C3H7NO2S.2Na.2H/c4-2(1-7)3(5)6;;;;/h2,7H,1,4H2,(H,5,6);;;;/q;2*+1;2*-1. The van der Waals surface area contributed by atoms with Crippen LogP contribution in [0.5, 0.6) is 0 Å². The first kappa shape index (κ1) is 17.0. The number of carboxylic acids is 1. The number of aliphatic carboxylic acids is 1. The summed E-state index contributed by atoms with van der Waals surface area (Å²) in [5.41, 5.74) is 4.94. The summed E-state index contributed by atoms with van der Waals surface area (Å²) in [4.78, 5) is 9.76. The molecule has 0 aliphatic rings. The van der Waals surface area contributed by atoms with Crippen LogP contribution in [0.4, 0.5) is 0 Å². The average molecular weight is 169 g/mol. The van der Waals surface area contributed by atoms with Gasteiger partial charge in [0.15, 0.2) is 0 Å². The Morgan fingerprint density at radius 1 is 1.78 bits per heavy atom. The summed E-state index contributed by atoms with van der Waals surface area (Å²) >= 11 is 3.65. The van der Waals surface area contributed by atoms with Crippen molar-refractivity contribution in [3.8, 4) is 0 Å². The monoisotopic (exact) mass is 169 g/mol. The van der Waals surface area contributed by atoms with Gasteiger partial charge in [-0.25, -0.2) is 0 Å². The van der Waals surface area contributed by atoms with Crippen LogP contribution in [0.2, 0.25) is 0 Å². The van der Waals surface area contributed by atoms with E-state index in [1.807, 2.05) is 0 Å². The summed E-state index contributed by atoms with van der Waals surface area (Å²) in [6, 6.07) is -0.816. The molecule has 3 N–H and O–H groups in total. The Labute approximate surface area is 107 Å². The Morgan fingerprint density at radius 2 is 2.11 bits per heavy atom. The molecule has 3 nitrogen and oxygen atoms in total. The molecule has 1 unspecified atom stereocenters. The SMILES string of the molecule is NC(CS)C(=O)O.[H-].[H-].[Na+].[Na+]. The summed E-state index contributed by atoms with van der Waals surface area (Å²) in [5.74, 6) is -0.815. The zero-order valence-electron chi connectivity index (χ0n) is 7.66. The Bertz CT molecular complexity index is 89.7. The van der Waals surface area contributed by atoms with Gasteiger partial charge in [0.05, 0.1) is 0 Å². The fourth-order valence-corrected chi connectivity index (χ4v) is 0.234. The molecule has 0 spiro atoms. The number of hydrogen-bond donors (Lipinski definition) is 3. The number of carboxylic acid groups (broad SMARTS) is 1. The van der Waals surface area contributed by atoms with Gasteiger partial charge >= 0.3 is 65.1 Å². The molecule has 0 radical (unpaired) electrons. The number of rotatable bonds is 2. The molecule has 0 heterocycles. The number of nitrogens with two attached hydrogens (primary N) is 1. The zero-order chi connectivity index (χ0) is 5.86. The van der Waals surface area contributed by atoms with Crippen molar-refractivity contribution in [1.29, 1.82) is 0 Å². The second kappa shape index (κ2) is 9.78. The van der Waals surface area contributed by atoms with Gasteiger partial charge < -0.3 is 13.7 Å². The van der Waals surface area contributed by atoms with Gasteiger partial charge in [0.25, 0.3) is 0 Å². The summed E-state index contributed by atoms with van der Waals surface area (Å²) in [6.07, 6.45) is 0. The Morgan fingerprint density at radius 3 is 2.11 bits per heavy atom. The van der Waals surface area contributed by atoms with Gasteiger partial charge in [0, 0.05) is 5.75 Å². The van der Waals surface area contributed by atoms with Crippen LogP contribution in [0, 0.1) is 0 Å². The van der Waals surface area contributed by atoms with Gasteiger partial charge in [-0.15, -0.1) is 0 Å². The minimum absolute atomic E-state index is 0. The van der Waals surface area contributed by atoms with Gasteiger partial charge in [-0.05, 0) is 0 Å². The molecule has 0 aromatic carbocycles. The molecule has 1 atom stereocenters. The molecule has 0 aromatic rings. The third kappa shape index (κ3) is 9.78. The zero-order valence-corrected chi connectivity index (χ0v) is 10.6. The van der Waals surface area contributed by atoms with Gasteiger partial charge in [-0.2, -0.15) is 12.6 Å². The van der Waals surface area contributed by atoms with Crippen LogP contribution in [0.25, 0.3) is 0 Å². The predicted molar refractivity (Wildman–Crippen MR) is 31.7 cm³/mol. The van der Waals surface area contributed by atoms with Crippen LogP contribution in [0.1, 0.15) is 2.85 Å². The predicted octanol–water partition coefficient (Wildman–Crippen LogP) is -6.44. The largest absolute Gasteiger partial charge is 1.00 e. The van der Waals surface area contributed by atoms with Crippen molar-refractivity contribution in [2.45, 2.75) is 6.04 Å². The number of thiol groups is 1. The topological polar surface area (TPSA) is 63.3 Å². The summed E-state index contributed by atoms with van der Waals surface area (Å²) in [7, 11) is 0. The van der Waals surface area contributed by atoms with Crippen LogP contribution >= 0.6 is 12.6 Å². The molecular formula is C3H9NNa2O2S. The molecule has 0 aliphatic carbocycles. The fourth-order valence-electron chi connectivity index (χ4n) is 0.0781. The molecule has 0 rings (SSSR count). The molecule has 0 fully saturated rings. The smallest absolute Gasteiger partial charge is 1.00 e. The van der Waals surface area contributed by atoms with E-state index in [2.05, 4.69) is 12.6 Å². The van der Waals surface area contributed by atoms with Crippen molar-refractivity contribution < 1.29 is 71.9 Å². The molecule has 0 aliphatic heterocycles. The van der Waals surface area contributed by atoms with E-state index in [0.29, 0.717) is 0 Å². The van der Waals surface area contributed by atoms with E-state index >= 15 is 0 Å². The van der Waals surface area contributed by atoms with Crippen molar-refractivity contribution in [3.05, 3.63) is 0 Å². The van der Waals surface area contributed by atoms with Crippen LogP contribution in [0.3, 0.4) is 0 Å². The van der Waals surface area contributed by atoms with Crippen molar-refractivity contribution in [1.82, 2.24) is 0 Å². The van der Waals surface area contributed by atoms with Gasteiger partial charge in [-0.3, -0.25) is 4.79 Å². The number of carbonyl (C=O) groups is 1. The van der Waals surface area contributed by atoms with Crippen molar-refractivity contribution in [3.63, 3.8) is 0 Å². The molecule has 6 heteroatoms. The van der Waals surface area contributed by atoms with E-state index in [1.54, 1.807) is 0 Å². The van der Waals surface area contributed by atoms with E-state index in [4.69, 9.17) is 10.8 Å². The van der Waals surface area contributed by atoms with Crippen LogP contribution in [-0.4, -0.2) is 22.9 Å². The molecule has 0 amide bonds. The first-order chi connectivity index (χ1) is 3.18. The molecule has 0 saturated carbocycles. The van der Waals surface area contributed by atoms with Crippen LogP contribution in [0.15, 0.2) is 0 Å². The molecular weight excluding hydrogens is 160 g/mol. The van der Waals surface area contributed by atoms with Crippen molar-refractivity contribution in [2.75, 3.05) is 5.75 Å². The summed E-state index contributed by atoms with van der Waals surface area (Å²) < 4.78 is 0. The normalized spacial score (nSPS) is 10.4. The molecule has 0 aromatic heterocycles. The molecule has 0 bridgehead atoms. The third-order valence-electron chi connectivity index (χ3n) is 0.514. The average Bonchev–Trinajstić information content (AvgIpc) is 1.65. The van der Waals surface area contributed by atoms with Crippen LogP contribution < -0.4 is 64.8 Å². The maximum absolute atomic E-state index is 9.76. The maximum Gasteiger partial charge on any atom is 1.00 e. The van der Waals surface area contributed by atoms with Crippen LogP contribution in [-0.2, 0) is 4.79 Å². The molecule has 0 saturated heterocycles. The van der Waals surface area contributed by atoms with Crippen molar-refractivity contribution in [2.24, 2.45) is 5.73 Å². The van der Waals surface area contributed by atoms with Crippen molar-refractivity contribution >= 4 is 18.6 Å². The van der Waals surface area contributed by atoms with E-state index in [1.165, 1.54) is 0 Å². The van der Waals surface area contributed by atoms with E-state index in [0.717, 1.165) is 0 Å². The van der Waals surface area contributed by atoms with E-state index in [9.17, 15) is 4.79 Å². The van der Waals surface area contributed by atoms with E-state index in [-0.39, 0.29) is 67.7 Å². The molecule has 46 valence electrons. The minimum atomic E-state index is -1.00. The van der Waals surface area contributed by atoms with Gasteiger partial charge in [0.2, 0.25) is 0 Å². The summed E-state index contributed by atoms with van der Waals surface area (Å²) in [5, 5.41) is 8.01. The quantitative estimate of drug-likeness (QED) is 0.284. The van der Waals surface area contributed by atoms with E-state index < -0.39 is 12.0 Å². The Balaban J connectivity index is -0.0000000300. The number of hydrogen-bond acceptors (Lipinski definition) is 3. The third-order valence-corrected chi connectivity index (χ3v) is 0.907. The second-order valence-corrected chi connectivity index (χ2v) is 1.49. The Kier molecular flexibility index (Phi) is 18.5.